The lowest BCUT2D eigenvalue weighted by Gasteiger charge is -2.23. The molecule has 0 aromatic carbocycles. The summed E-state index contributed by atoms with van der Waals surface area (Å²) in [5.41, 5.74) is 5.23. The van der Waals surface area contributed by atoms with Crippen LogP contribution in [0.15, 0.2) is 12.1 Å². The predicted molar refractivity (Wildman–Crippen MR) is 65.0 cm³/mol. The van der Waals surface area contributed by atoms with Gasteiger partial charge in [0.25, 0.3) is 0 Å². The maximum atomic E-state index is 11.5. The summed E-state index contributed by atoms with van der Waals surface area (Å²) in [6.45, 7) is 0.673. The monoisotopic (exact) mass is 251 g/mol. The van der Waals surface area contributed by atoms with Crippen molar-refractivity contribution >= 4 is 23.2 Å². The lowest BCUT2D eigenvalue weighted by molar-refractivity contribution is -0.384. The van der Waals surface area contributed by atoms with E-state index in [1.807, 2.05) is 0 Å². The quantitative estimate of drug-likeness (QED) is 0.523. The van der Waals surface area contributed by atoms with Gasteiger partial charge in [0.1, 0.15) is 11.9 Å². The molecule has 1 fully saturated rings. The Morgan fingerprint density at radius 1 is 1.56 bits per heavy atom. The number of aromatic nitrogens is 1. The molecule has 8 nitrogen and oxygen atoms in total. The SMILES string of the molecule is Nc1nc(NC2CCCNC2=O)ccc1[N+](=O)[O-]. The molecule has 18 heavy (non-hydrogen) atoms. The van der Waals surface area contributed by atoms with Crippen molar-refractivity contribution in [3.8, 4) is 0 Å². The molecule has 8 heteroatoms. The molecule has 1 saturated heterocycles. The molecule has 2 rings (SSSR count). The maximum Gasteiger partial charge on any atom is 0.311 e. The summed E-state index contributed by atoms with van der Waals surface area (Å²) in [4.78, 5) is 25.4. The Bertz CT molecular complexity index is 490. The minimum atomic E-state index is -0.598. The Morgan fingerprint density at radius 3 is 2.94 bits per heavy atom. The number of nitro groups is 1. The largest absolute Gasteiger partial charge is 0.378 e. The fourth-order valence-electron chi connectivity index (χ4n) is 1.79. The van der Waals surface area contributed by atoms with E-state index in [-0.39, 0.29) is 23.5 Å². The molecule has 0 saturated carbocycles. The molecule has 0 spiro atoms. The molecule has 1 atom stereocenters. The van der Waals surface area contributed by atoms with E-state index < -0.39 is 4.92 Å². The van der Waals surface area contributed by atoms with Crippen molar-refractivity contribution in [1.29, 1.82) is 0 Å². The summed E-state index contributed by atoms with van der Waals surface area (Å²) in [7, 11) is 0. The van der Waals surface area contributed by atoms with Crippen molar-refractivity contribution < 1.29 is 9.72 Å². The van der Waals surface area contributed by atoms with Crippen LogP contribution in [0.4, 0.5) is 17.3 Å². The molecule has 1 aliphatic rings. The zero-order chi connectivity index (χ0) is 13.1. The number of anilines is 2. The van der Waals surface area contributed by atoms with Crippen molar-refractivity contribution in [2.75, 3.05) is 17.6 Å². The maximum absolute atomic E-state index is 11.5. The number of nitrogens with two attached hydrogens (primary N) is 1. The van der Waals surface area contributed by atoms with E-state index in [1.54, 1.807) is 0 Å². The van der Waals surface area contributed by atoms with E-state index in [9.17, 15) is 14.9 Å². The van der Waals surface area contributed by atoms with Crippen LogP contribution >= 0.6 is 0 Å². The highest BCUT2D eigenvalue weighted by molar-refractivity contribution is 5.85. The Kier molecular flexibility index (Phi) is 3.26. The van der Waals surface area contributed by atoms with Crippen LogP contribution in [-0.2, 0) is 4.79 Å². The second kappa shape index (κ2) is 4.86. The van der Waals surface area contributed by atoms with Gasteiger partial charge >= 0.3 is 5.69 Å². The van der Waals surface area contributed by atoms with E-state index >= 15 is 0 Å². The number of carbonyl (C=O) groups is 1. The van der Waals surface area contributed by atoms with E-state index in [1.165, 1.54) is 12.1 Å². The van der Waals surface area contributed by atoms with Gasteiger partial charge in [0.2, 0.25) is 11.7 Å². The van der Waals surface area contributed by atoms with Crippen LogP contribution in [0, 0.1) is 10.1 Å². The van der Waals surface area contributed by atoms with Gasteiger partial charge in [-0.3, -0.25) is 14.9 Å². The van der Waals surface area contributed by atoms with Crippen LogP contribution in [0.5, 0.6) is 0 Å². The van der Waals surface area contributed by atoms with Crippen molar-refractivity contribution in [2.45, 2.75) is 18.9 Å². The number of amides is 1. The molecule has 1 aromatic heterocycles. The molecular weight excluding hydrogens is 238 g/mol. The highest BCUT2D eigenvalue weighted by Gasteiger charge is 2.22. The Morgan fingerprint density at radius 2 is 2.33 bits per heavy atom. The third kappa shape index (κ3) is 2.47. The van der Waals surface area contributed by atoms with Gasteiger partial charge in [0.15, 0.2) is 0 Å². The Labute approximate surface area is 103 Å². The second-order valence-electron chi connectivity index (χ2n) is 3.99. The number of rotatable bonds is 3. The Balaban J connectivity index is 2.12. The second-order valence-corrected chi connectivity index (χ2v) is 3.99. The van der Waals surface area contributed by atoms with Gasteiger partial charge in [0, 0.05) is 12.6 Å². The molecule has 1 unspecified atom stereocenters. The minimum Gasteiger partial charge on any atom is -0.378 e. The number of carbonyl (C=O) groups excluding carboxylic acids is 1. The van der Waals surface area contributed by atoms with Gasteiger partial charge in [-0.25, -0.2) is 4.98 Å². The fourth-order valence-corrected chi connectivity index (χ4v) is 1.79. The number of pyridine rings is 1. The molecular formula is C10H13N5O3. The molecule has 1 amide bonds. The van der Waals surface area contributed by atoms with Crippen LogP contribution in [-0.4, -0.2) is 28.4 Å². The number of hydrogen-bond donors (Lipinski definition) is 3. The number of nitrogens with zero attached hydrogens (tertiary/aromatic N) is 2. The molecule has 1 aromatic rings. The third-order valence-corrected chi connectivity index (χ3v) is 2.71. The van der Waals surface area contributed by atoms with E-state index in [0.717, 1.165) is 6.42 Å². The normalized spacial score (nSPS) is 19.1. The first-order chi connectivity index (χ1) is 8.58. The molecule has 96 valence electrons. The summed E-state index contributed by atoms with van der Waals surface area (Å²) in [6, 6.07) is 2.34. The Hall–Kier alpha value is -2.38. The van der Waals surface area contributed by atoms with Crippen LogP contribution < -0.4 is 16.4 Å². The minimum absolute atomic E-state index is 0.0972. The molecule has 2 heterocycles. The average Bonchev–Trinajstić information content (AvgIpc) is 2.32. The summed E-state index contributed by atoms with van der Waals surface area (Å²) in [5.74, 6) is 0.0985. The first-order valence-electron chi connectivity index (χ1n) is 5.53. The van der Waals surface area contributed by atoms with Crippen LogP contribution in [0.3, 0.4) is 0 Å². The number of nitrogen functional groups attached to an aromatic ring is 1. The van der Waals surface area contributed by atoms with Gasteiger partial charge < -0.3 is 16.4 Å². The van der Waals surface area contributed by atoms with Crippen LogP contribution in [0.1, 0.15) is 12.8 Å². The summed E-state index contributed by atoms with van der Waals surface area (Å²) in [5, 5.41) is 16.2. The lowest BCUT2D eigenvalue weighted by Crippen LogP contribution is -2.44. The zero-order valence-electron chi connectivity index (χ0n) is 9.55. The number of piperidine rings is 1. The van der Waals surface area contributed by atoms with Gasteiger partial charge in [-0.2, -0.15) is 0 Å². The van der Waals surface area contributed by atoms with E-state index in [0.29, 0.717) is 18.8 Å². The average molecular weight is 251 g/mol. The van der Waals surface area contributed by atoms with Crippen molar-refractivity contribution in [3.05, 3.63) is 22.2 Å². The van der Waals surface area contributed by atoms with Crippen LogP contribution in [0.2, 0.25) is 0 Å². The van der Waals surface area contributed by atoms with Crippen molar-refractivity contribution in [3.63, 3.8) is 0 Å². The highest BCUT2D eigenvalue weighted by atomic mass is 16.6. The fraction of sp³-hybridized carbons (Fsp3) is 0.400. The molecule has 1 aliphatic heterocycles. The van der Waals surface area contributed by atoms with Crippen molar-refractivity contribution in [2.24, 2.45) is 0 Å². The van der Waals surface area contributed by atoms with Crippen LogP contribution in [0.25, 0.3) is 0 Å². The highest BCUT2D eigenvalue weighted by Crippen LogP contribution is 2.21. The standard InChI is InChI=1S/C10H13N5O3/c11-9-7(15(17)18)3-4-8(14-9)13-6-2-1-5-12-10(6)16/h3-4,6H,1-2,5H2,(H,12,16)(H3,11,13,14). The first-order valence-corrected chi connectivity index (χ1v) is 5.53. The molecule has 0 radical (unpaired) electrons. The number of nitrogens with one attached hydrogen (secondary N) is 2. The molecule has 4 N–H and O–H groups in total. The summed E-state index contributed by atoms with van der Waals surface area (Å²) in [6.07, 6.45) is 1.58. The first kappa shape index (κ1) is 12.1. The van der Waals surface area contributed by atoms with Gasteiger partial charge in [-0.15, -0.1) is 0 Å². The summed E-state index contributed by atoms with van der Waals surface area (Å²) >= 11 is 0. The molecule has 0 bridgehead atoms. The van der Waals surface area contributed by atoms with E-state index in [4.69, 9.17) is 5.73 Å². The third-order valence-electron chi connectivity index (χ3n) is 2.71. The number of hydrogen-bond acceptors (Lipinski definition) is 6. The topological polar surface area (TPSA) is 123 Å². The smallest absolute Gasteiger partial charge is 0.311 e. The molecule has 0 aliphatic carbocycles. The predicted octanol–water partition coefficient (Wildman–Crippen LogP) is 0.263. The summed E-state index contributed by atoms with van der Waals surface area (Å²) < 4.78 is 0. The lowest BCUT2D eigenvalue weighted by atomic mass is 10.1. The van der Waals surface area contributed by atoms with Gasteiger partial charge in [-0.05, 0) is 18.9 Å². The van der Waals surface area contributed by atoms with Gasteiger partial charge in [-0.1, -0.05) is 0 Å². The van der Waals surface area contributed by atoms with Gasteiger partial charge in [0.05, 0.1) is 4.92 Å². The zero-order valence-corrected chi connectivity index (χ0v) is 9.55. The van der Waals surface area contributed by atoms with E-state index in [2.05, 4.69) is 15.6 Å². The van der Waals surface area contributed by atoms with Crippen molar-refractivity contribution in [1.82, 2.24) is 10.3 Å².